The summed E-state index contributed by atoms with van der Waals surface area (Å²) in [7, 11) is 4.14. The fourth-order valence-electron chi connectivity index (χ4n) is 2.48. The van der Waals surface area contributed by atoms with Crippen LogP contribution in [0.3, 0.4) is 0 Å². The Morgan fingerprint density at radius 1 is 0.750 bits per heavy atom. The van der Waals surface area contributed by atoms with Gasteiger partial charge >= 0.3 is 0 Å². The van der Waals surface area contributed by atoms with Crippen LogP contribution in [0.25, 0.3) is 0 Å². The average Bonchev–Trinajstić information content (AvgIpc) is 2.87. The molecule has 0 aromatic rings. The largest absolute Gasteiger partial charge is 0.299 e. The summed E-state index contributed by atoms with van der Waals surface area (Å²) < 4.78 is 0. The van der Waals surface area contributed by atoms with E-state index in [1.54, 1.807) is 13.8 Å². The van der Waals surface area contributed by atoms with E-state index in [1.165, 1.54) is 0 Å². The van der Waals surface area contributed by atoms with Gasteiger partial charge in [0.1, 0.15) is 11.6 Å². The zero-order valence-electron chi connectivity index (χ0n) is 13.3. The summed E-state index contributed by atoms with van der Waals surface area (Å²) in [6.07, 6.45) is 0. The highest BCUT2D eigenvalue weighted by molar-refractivity contribution is 5.77. The van der Waals surface area contributed by atoms with Gasteiger partial charge < -0.3 is 0 Å². The number of ketones is 2. The first-order chi connectivity index (χ1) is 9.36. The van der Waals surface area contributed by atoms with E-state index in [4.69, 9.17) is 0 Å². The van der Waals surface area contributed by atoms with Gasteiger partial charge in [-0.05, 0) is 27.9 Å². The molecule has 0 bridgehead atoms. The molecule has 0 aromatic carbocycles. The van der Waals surface area contributed by atoms with Crippen LogP contribution in [0.5, 0.6) is 0 Å². The van der Waals surface area contributed by atoms with Gasteiger partial charge in [-0.15, -0.1) is 0 Å². The first kappa shape index (κ1) is 17.2. The molecule has 2 saturated heterocycles. The molecule has 2 fully saturated rings. The van der Waals surface area contributed by atoms with Crippen molar-refractivity contribution in [1.29, 1.82) is 0 Å². The molecule has 6 nitrogen and oxygen atoms in total. The number of Topliss-reactive ketones (excluding diaryl/α,β-unsaturated/α-hetero) is 2. The molecule has 0 amide bonds. The zero-order chi connectivity index (χ0) is 15.1. The van der Waals surface area contributed by atoms with E-state index < -0.39 is 0 Å². The van der Waals surface area contributed by atoms with Crippen molar-refractivity contribution < 1.29 is 9.59 Å². The monoisotopic (exact) mass is 284 g/mol. The fourth-order valence-corrected chi connectivity index (χ4v) is 2.48. The van der Waals surface area contributed by atoms with Crippen molar-refractivity contribution >= 4 is 11.6 Å². The maximum absolute atomic E-state index is 10.6. The van der Waals surface area contributed by atoms with Gasteiger partial charge in [0.25, 0.3) is 0 Å². The maximum Gasteiger partial charge on any atom is 0.143 e. The molecule has 20 heavy (non-hydrogen) atoms. The number of hydrogen-bond acceptors (Lipinski definition) is 6. The number of hydrogen-bond donors (Lipinski definition) is 0. The average molecular weight is 284 g/mol. The van der Waals surface area contributed by atoms with E-state index in [1.807, 2.05) is 0 Å². The van der Waals surface area contributed by atoms with Gasteiger partial charge in [-0.25, -0.2) is 0 Å². The number of carbonyl (C=O) groups excluding carboxylic acids is 2. The van der Waals surface area contributed by atoms with E-state index in [-0.39, 0.29) is 11.6 Å². The smallest absolute Gasteiger partial charge is 0.143 e. The Balaban J connectivity index is 0.000000200. The van der Waals surface area contributed by atoms with Crippen molar-refractivity contribution in [1.82, 2.24) is 19.6 Å². The summed E-state index contributed by atoms with van der Waals surface area (Å²) in [5, 5.41) is 0. The van der Waals surface area contributed by atoms with Crippen molar-refractivity contribution in [2.24, 2.45) is 0 Å². The number of rotatable bonds is 4. The van der Waals surface area contributed by atoms with Crippen LogP contribution in [0.1, 0.15) is 13.8 Å². The highest BCUT2D eigenvalue weighted by Gasteiger charge is 2.17. The van der Waals surface area contributed by atoms with Gasteiger partial charge in [-0.3, -0.25) is 29.2 Å². The Morgan fingerprint density at radius 2 is 1.10 bits per heavy atom. The Bertz CT molecular complexity index is 303. The highest BCUT2D eigenvalue weighted by atomic mass is 16.1. The second-order valence-electron chi connectivity index (χ2n) is 5.95. The maximum atomic E-state index is 10.6. The van der Waals surface area contributed by atoms with Crippen LogP contribution in [0.2, 0.25) is 0 Å². The second-order valence-corrected chi connectivity index (χ2v) is 5.95. The third-order valence-electron chi connectivity index (χ3n) is 3.37. The molecule has 0 radical (unpaired) electrons. The molecule has 0 unspecified atom stereocenters. The first-order valence-corrected chi connectivity index (χ1v) is 7.17. The minimum atomic E-state index is 0.260. The SMILES string of the molecule is CC(=O)CN1CCN(C)C1.CC(=O)CN1CCN(C)C1. The molecule has 2 rings (SSSR count). The minimum absolute atomic E-state index is 0.260. The molecule has 2 heterocycles. The minimum Gasteiger partial charge on any atom is -0.299 e. The van der Waals surface area contributed by atoms with E-state index in [0.29, 0.717) is 13.1 Å². The molecule has 0 aliphatic carbocycles. The lowest BCUT2D eigenvalue weighted by molar-refractivity contribution is -0.118. The quantitative estimate of drug-likeness (QED) is 0.697. The molecule has 0 saturated carbocycles. The van der Waals surface area contributed by atoms with Crippen LogP contribution in [-0.4, -0.2) is 97.9 Å². The first-order valence-electron chi connectivity index (χ1n) is 7.17. The normalized spacial score (nSPS) is 21.8. The van der Waals surface area contributed by atoms with Crippen molar-refractivity contribution in [2.45, 2.75) is 13.8 Å². The van der Waals surface area contributed by atoms with Crippen molar-refractivity contribution in [2.75, 3.05) is 66.7 Å². The van der Waals surface area contributed by atoms with Crippen LogP contribution in [0.4, 0.5) is 0 Å². The lowest BCUT2D eigenvalue weighted by Crippen LogP contribution is -2.27. The van der Waals surface area contributed by atoms with Gasteiger partial charge in [0, 0.05) is 26.2 Å². The molecule has 116 valence electrons. The van der Waals surface area contributed by atoms with Gasteiger partial charge in [0.05, 0.1) is 26.4 Å². The molecular weight excluding hydrogens is 256 g/mol. The lowest BCUT2D eigenvalue weighted by atomic mass is 10.4. The van der Waals surface area contributed by atoms with Gasteiger partial charge in [-0.2, -0.15) is 0 Å². The van der Waals surface area contributed by atoms with Gasteiger partial charge in [-0.1, -0.05) is 0 Å². The van der Waals surface area contributed by atoms with Gasteiger partial charge in [0.2, 0.25) is 0 Å². The molecular formula is C14H28N4O2. The summed E-state index contributed by atoms with van der Waals surface area (Å²) >= 11 is 0. The Hall–Kier alpha value is -0.820. The van der Waals surface area contributed by atoms with Crippen molar-refractivity contribution in [3.8, 4) is 0 Å². The van der Waals surface area contributed by atoms with Crippen LogP contribution in [0, 0.1) is 0 Å². The predicted molar refractivity (Wildman–Crippen MR) is 79.5 cm³/mol. The molecule has 6 heteroatoms. The van der Waals surface area contributed by atoms with Crippen molar-refractivity contribution in [3.05, 3.63) is 0 Å². The Labute approximate surface area is 122 Å². The molecule has 2 aliphatic heterocycles. The van der Waals surface area contributed by atoms with E-state index >= 15 is 0 Å². The predicted octanol–water partition coefficient (Wildman–Crippen LogP) is -0.439. The number of nitrogens with zero attached hydrogens (tertiary/aromatic N) is 4. The summed E-state index contributed by atoms with van der Waals surface area (Å²) in [6.45, 7) is 10.6. The van der Waals surface area contributed by atoms with Crippen LogP contribution < -0.4 is 0 Å². The molecule has 0 spiro atoms. The standard InChI is InChI=1S/2C7H14N2O/c2*1-7(10)5-9-4-3-8(2)6-9/h2*3-6H2,1-2H3. The molecule has 0 atom stereocenters. The third kappa shape index (κ3) is 7.09. The molecule has 2 aliphatic rings. The Kier molecular flexibility index (Phi) is 7.29. The van der Waals surface area contributed by atoms with E-state index in [9.17, 15) is 9.59 Å². The molecule has 0 N–H and O–H groups in total. The van der Waals surface area contributed by atoms with E-state index in [2.05, 4.69) is 33.7 Å². The second kappa shape index (κ2) is 8.46. The van der Waals surface area contributed by atoms with Crippen LogP contribution in [0.15, 0.2) is 0 Å². The van der Waals surface area contributed by atoms with E-state index in [0.717, 1.165) is 39.5 Å². The summed E-state index contributed by atoms with van der Waals surface area (Å²) in [4.78, 5) is 30.0. The highest BCUT2D eigenvalue weighted by Crippen LogP contribution is 2.00. The van der Waals surface area contributed by atoms with Crippen LogP contribution >= 0.6 is 0 Å². The topological polar surface area (TPSA) is 47.1 Å². The third-order valence-corrected chi connectivity index (χ3v) is 3.37. The lowest BCUT2D eigenvalue weighted by Gasteiger charge is -2.12. The summed E-state index contributed by atoms with van der Waals surface area (Å²) in [5.41, 5.74) is 0. The van der Waals surface area contributed by atoms with Crippen LogP contribution in [-0.2, 0) is 9.59 Å². The Morgan fingerprint density at radius 3 is 1.30 bits per heavy atom. The van der Waals surface area contributed by atoms with Crippen molar-refractivity contribution in [3.63, 3.8) is 0 Å². The molecule has 0 aromatic heterocycles. The summed E-state index contributed by atoms with van der Waals surface area (Å²) in [5.74, 6) is 0.519. The zero-order valence-corrected chi connectivity index (χ0v) is 13.3. The fraction of sp³-hybridized carbons (Fsp3) is 0.857. The number of likely N-dealkylation sites (N-methyl/N-ethyl adjacent to an activating group) is 2. The number of carbonyl (C=O) groups is 2. The summed E-state index contributed by atoms with van der Waals surface area (Å²) in [6, 6.07) is 0. The van der Waals surface area contributed by atoms with Gasteiger partial charge in [0.15, 0.2) is 0 Å².